The SMILES string of the molecule is Nc1c(CC2CCC2)ccc2c1CC2. The molecule has 0 aromatic heterocycles. The quantitative estimate of drug-likeness (QED) is 0.708. The van der Waals surface area contributed by atoms with E-state index in [0.29, 0.717) is 0 Å². The lowest BCUT2D eigenvalue weighted by atomic mass is 9.78. The number of nitrogens with two attached hydrogens (primary N) is 1. The largest absolute Gasteiger partial charge is 0.398 e. The van der Waals surface area contributed by atoms with Crippen molar-refractivity contribution in [2.75, 3.05) is 5.73 Å². The van der Waals surface area contributed by atoms with E-state index in [2.05, 4.69) is 12.1 Å². The third-order valence-corrected chi connectivity index (χ3v) is 3.92. The molecule has 2 aliphatic rings. The second kappa shape index (κ2) is 3.01. The molecule has 1 aromatic rings. The molecule has 1 aromatic carbocycles. The number of aryl methyl sites for hydroxylation is 1. The Kier molecular flexibility index (Phi) is 1.79. The molecule has 1 heteroatoms. The van der Waals surface area contributed by atoms with Crippen LogP contribution in [0.25, 0.3) is 0 Å². The van der Waals surface area contributed by atoms with Crippen LogP contribution in [-0.4, -0.2) is 0 Å². The van der Waals surface area contributed by atoms with E-state index < -0.39 is 0 Å². The van der Waals surface area contributed by atoms with Crippen molar-refractivity contribution in [1.82, 2.24) is 0 Å². The summed E-state index contributed by atoms with van der Waals surface area (Å²) in [6.07, 6.45) is 7.92. The van der Waals surface area contributed by atoms with Crippen LogP contribution in [-0.2, 0) is 19.3 Å². The Labute approximate surface area is 85.3 Å². The Morgan fingerprint density at radius 2 is 2.07 bits per heavy atom. The molecular weight excluding hydrogens is 170 g/mol. The van der Waals surface area contributed by atoms with Gasteiger partial charge in [0.15, 0.2) is 0 Å². The second-order valence-corrected chi connectivity index (χ2v) is 4.78. The van der Waals surface area contributed by atoms with Crippen molar-refractivity contribution in [2.24, 2.45) is 5.92 Å². The predicted molar refractivity (Wildman–Crippen MR) is 59.3 cm³/mol. The summed E-state index contributed by atoms with van der Waals surface area (Å²) < 4.78 is 0. The summed E-state index contributed by atoms with van der Waals surface area (Å²) in [4.78, 5) is 0. The molecule has 0 radical (unpaired) electrons. The Bertz CT molecular complexity index is 364. The Hall–Kier alpha value is -0.980. The van der Waals surface area contributed by atoms with E-state index in [1.807, 2.05) is 0 Å². The second-order valence-electron chi connectivity index (χ2n) is 4.78. The molecule has 0 saturated heterocycles. The number of fused-ring (bicyclic) bond motifs is 1. The molecule has 0 bridgehead atoms. The summed E-state index contributed by atoms with van der Waals surface area (Å²) in [6, 6.07) is 4.54. The molecule has 3 rings (SSSR count). The average molecular weight is 187 g/mol. The molecule has 0 aliphatic heterocycles. The summed E-state index contributed by atoms with van der Waals surface area (Å²) in [6.45, 7) is 0. The van der Waals surface area contributed by atoms with Crippen molar-refractivity contribution in [1.29, 1.82) is 0 Å². The van der Waals surface area contributed by atoms with Gasteiger partial charge < -0.3 is 5.73 Å². The normalized spacial score (nSPS) is 19.7. The zero-order chi connectivity index (χ0) is 9.54. The van der Waals surface area contributed by atoms with E-state index in [1.165, 1.54) is 55.2 Å². The predicted octanol–water partition coefficient (Wildman–Crippen LogP) is 2.71. The lowest BCUT2D eigenvalue weighted by molar-refractivity contribution is 0.314. The van der Waals surface area contributed by atoms with E-state index in [4.69, 9.17) is 5.73 Å². The smallest absolute Gasteiger partial charge is 0.0382 e. The first kappa shape index (κ1) is 8.34. The number of rotatable bonds is 2. The van der Waals surface area contributed by atoms with E-state index >= 15 is 0 Å². The maximum atomic E-state index is 6.16. The van der Waals surface area contributed by atoms with Crippen LogP contribution in [0.15, 0.2) is 12.1 Å². The maximum Gasteiger partial charge on any atom is 0.0382 e. The lowest BCUT2D eigenvalue weighted by Crippen LogP contribution is -2.18. The summed E-state index contributed by atoms with van der Waals surface area (Å²) in [5.74, 6) is 0.926. The third kappa shape index (κ3) is 1.15. The number of hydrogen-bond donors (Lipinski definition) is 1. The van der Waals surface area contributed by atoms with Crippen molar-refractivity contribution in [3.8, 4) is 0 Å². The minimum absolute atomic E-state index is 0.926. The first-order valence-corrected chi connectivity index (χ1v) is 5.73. The van der Waals surface area contributed by atoms with Crippen LogP contribution >= 0.6 is 0 Å². The average Bonchev–Trinajstić information content (AvgIpc) is 2.03. The van der Waals surface area contributed by atoms with Crippen LogP contribution in [0.2, 0.25) is 0 Å². The molecular formula is C13H17N. The van der Waals surface area contributed by atoms with Crippen LogP contribution in [0.3, 0.4) is 0 Å². The maximum absolute atomic E-state index is 6.16. The van der Waals surface area contributed by atoms with Gasteiger partial charge in [0.2, 0.25) is 0 Å². The van der Waals surface area contributed by atoms with Gasteiger partial charge in [-0.25, -0.2) is 0 Å². The molecule has 1 fully saturated rings. The van der Waals surface area contributed by atoms with Crippen molar-refractivity contribution >= 4 is 5.69 Å². The molecule has 0 unspecified atom stereocenters. The molecule has 74 valence electrons. The molecule has 14 heavy (non-hydrogen) atoms. The third-order valence-electron chi connectivity index (χ3n) is 3.92. The Balaban J connectivity index is 1.86. The fraction of sp³-hybridized carbons (Fsp3) is 0.538. The first-order valence-electron chi connectivity index (χ1n) is 5.73. The van der Waals surface area contributed by atoms with Crippen molar-refractivity contribution in [2.45, 2.75) is 38.5 Å². The Morgan fingerprint density at radius 3 is 2.64 bits per heavy atom. The fourth-order valence-electron chi connectivity index (χ4n) is 2.56. The van der Waals surface area contributed by atoms with E-state index in [9.17, 15) is 0 Å². The minimum atomic E-state index is 0.926. The Morgan fingerprint density at radius 1 is 1.21 bits per heavy atom. The molecule has 0 atom stereocenters. The van der Waals surface area contributed by atoms with Crippen LogP contribution in [0.1, 0.15) is 36.0 Å². The van der Waals surface area contributed by atoms with Gasteiger partial charge >= 0.3 is 0 Å². The summed E-state index contributed by atoms with van der Waals surface area (Å²) in [5, 5.41) is 0. The highest BCUT2D eigenvalue weighted by Crippen LogP contribution is 2.35. The van der Waals surface area contributed by atoms with Gasteiger partial charge in [-0.05, 0) is 41.9 Å². The van der Waals surface area contributed by atoms with Gasteiger partial charge in [0.05, 0.1) is 0 Å². The monoisotopic (exact) mass is 187 g/mol. The van der Waals surface area contributed by atoms with Gasteiger partial charge in [-0.2, -0.15) is 0 Å². The van der Waals surface area contributed by atoms with Crippen LogP contribution in [0, 0.1) is 5.92 Å². The number of anilines is 1. The van der Waals surface area contributed by atoms with E-state index in [-0.39, 0.29) is 0 Å². The molecule has 2 aliphatic carbocycles. The van der Waals surface area contributed by atoms with E-state index in [0.717, 1.165) is 11.6 Å². The number of benzene rings is 1. The van der Waals surface area contributed by atoms with Gasteiger partial charge in [-0.3, -0.25) is 0 Å². The number of hydrogen-bond acceptors (Lipinski definition) is 1. The highest BCUT2D eigenvalue weighted by atomic mass is 14.6. The first-order chi connectivity index (χ1) is 6.84. The van der Waals surface area contributed by atoms with Gasteiger partial charge in [0.1, 0.15) is 0 Å². The zero-order valence-corrected chi connectivity index (χ0v) is 8.55. The van der Waals surface area contributed by atoms with Gasteiger partial charge in [-0.15, -0.1) is 0 Å². The zero-order valence-electron chi connectivity index (χ0n) is 8.55. The topological polar surface area (TPSA) is 26.0 Å². The van der Waals surface area contributed by atoms with Crippen molar-refractivity contribution < 1.29 is 0 Å². The standard InChI is InChI=1S/C13H17N/c14-13-11(8-9-2-1-3-9)5-4-10-6-7-12(10)13/h4-5,9H,1-3,6-8,14H2. The summed E-state index contributed by atoms with van der Waals surface area (Å²) in [7, 11) is 0. The van der Waals surface area contributed by atoms with Gasteiger partial charge in [-0.1, -0.05) is 31.4 Å². The molecule has 0 spiro atoms. The summed E-state index contributed by atoms with van der Waals surface area (Å²) >= 11 is 0. The highest BCUT2D eigenvalue weighted by molar-refractivity contribution is 5.60. The summed E-state index contributed by atoms with van der Waals surface area (Å²) in [5.41, 5.74) is 11.6. The minimum Gasteiger partial charge on any atom is -0.398 e. The molecule has 1 saturated carbocycles. The van der Waals surface area contributed by atoms with Crippen LogP contribution in [0.4, 0.5) is 5.69 Å². The lowest BCUT2D eigenvalue weighted by Gasteiger charge is -2.28. The van der Waals surface area contributed by atoms with Crippen molar-refractivity contribution in [3.05, 3.63) is 28.8 Å². The van der Waals surface area contributed by atoms with Gasteiger partial charge in [0, 0.05) is 5.69 Å². The van der Waals surface area contributed by atoms with E-state index in [1.54, 1.807) is 0 Å². The molecule has 0 heterocycles. The van der Waals surface area contributed by atoms with Crippen LogP contribution in [0.5, 0.6) is 0 Å². The van der Waals surface area contributed by atoms with Crippen molar-refractivity contribution in [3.63, 3.8) is 0 Å². The highest BCUT2D eigenvalue weighted by Gasteiger charge is 2.22. The van der Waals surface area contributed by atoms with Gasteiger partial charge in [0.25, 0.3) is 0 Å². The number of nitrogen functional groups attached to an aromatic ring is 1. The molecule has 2 N–H and O–H groups in total. The molecule has 0 amide bonds. The van der Waals surface area contributed by atoms with Crippen LogP contribution < -0.4 is 5.73 Å². The molecule has 1 nitrogen and oxygen atoms in total. The fourth-order valence-corrected chi connectivity index (χ4v) is 2.56.